The number of hydrogen-bond donors (Lipinski definition) is 0. The number of oxazole rings is 1. The second-order valence-corrected chi connectivity index (χ2v) is 12.7. The average molecular weight is 655 g/mol. The van der Waals surface area contributed by atoms with E-state index in [1.807, 2.05) is 36.4 Å². The summed E-state index contributed by atoms with van der Waals surface area (Å²) in [7, 11) is 0. The molecule has 8 aromatic carbocycles. The van der Waals surface area contributed by atoms with Crippen molar-refractivity contribution in [3.8, 4) is 33.7 Å². The van der Waals surface area contributed by atoms with Crippen LogP contribution in [0.5, 0.6) is 0 Å². The van der Waals surface area contributed by atoms with Gasteiger partial charge in [-0.2, -0.15) is 0 Å². The van der Waals surface area contributed by atoms with Crippen LogP contribution in [0.25, 0.3) is 77.5 Å². The minimum absolute atomic E-state index is 0.575. The Balaban J connectivity index is 1.18. The van der Waals surface area contributed by atoms with Crippen LogP contribution < -0.4 is 4.90 Å². The highest BCUT2D eigenvalue weighted by Gasteiger charge is 2.24. The number of furan rings is 1. The Bertz CT molecular complexity index is 2830. The van der Waals surface area contributed by atoms with Gasteiger partial charge in [0.25, 0.3) is 0 Å². The molecule has 0 saturated carbocycles. The third-order valence-electron chi connectivity index (χ3n) is 9.71. The summed E-state index contributed by atoms with van der Waals surface area (Å²) in [5, 5.41) is 4.44. The summed E-state index contributed by atoms with van der Waals surface area (Å²) in [5.41, 5.74) is 11.7. The van der Waals surface area contributed by atoms with E-state index in [4.69, 9.17) is 13.8 Å². The molecule has 2 aromatic heterocycles. The molecule has 0 aliphatic rings. The predicted molar refractivity (Wildman–Crippen MR) is 210 cm³/mol. The maximum Gasteiger partial charge on any atom is 0.228 e. The smallest absolute Gasteiger partial charge is 0.228 e. The molecule has 10 aromatic rings. The van der Waals surface area contributed by atoms with Crippen molar-refractivity contribution in [1.82, 2.24) is 4.98 Å². The molecule has 0 bridgehead atoms. The van der Waals surface area contributed by atoms with Crippen LogP contribution in [0.2, 0.25) is 0 Å². The molecule has 0 aliphatic carbocycles. The van der Waals surface area contributed by atoms with Gasteiger partial charge in [0.2, 0.25) is 5.89 Å². The zero-order valence-corrected chi connectivity index (χ0v) is 27.5. The van der Waals surface area contributed by atoms with Crippen LogP contribution in [0, 0.1) is 0 Å². The highest BCUT2D eigenvalue weighted by atomic mass is 16.3. The molecule has 0 radical (unpaired) electrons. The second kappa shape index (κ2) is 11.9. The fourth-order valence-corrected chi connectivity index (χ4v) is 7.28. The molecular formula is C47H30N2O2. The van der Waals surface area contributed by atoms with Crippen molar-refractivity contribution < 1.29 is 8.83 Å². The summed E-state index contributed by atoms with van der Waals surface area (Å²) in [4.78, 5) is 7.16. The average Bonchev–Trinajstić information content (AvgIpc) is 3.81. The van der Waals surface area contributed by atoms with Gasteiger partial charge in [-0.15, -0.1) is 0 Å². The molecule has 0 amide bonds. The zero-order chi connectivity index (χ0) is 33.7. The summed E-state index contributed by atoms with van der Waals surface area (Å²) in [6, 6.07) is 63.4. The van der Waals surface area contributed by atoms with Crippen molar-refractivity contribution in [3.63, 3.8) is 0 Å². The lowest BCUT2D eigenvalue weighted by atomic mass is 9.99. The van der Waals surface area contributed by atoms with Crippen LogP contribution in [0.3, 0.4) is 0 Å². The number of anilines is 3. The van der Waals surface area contributed by atoms with E-state index in [1.54, 1.807) is 0 Å². The molecule has 0 N–H and O–H groups in total. The highest BCUT2D eigenvalue weighted by Crippen LogP contribution is 2.47. The first-order valence-corrected chi connectivity index (χ1v) is 17.1. The third-order valence-corrected chi connectivity index (χ3v) is 9.71. The van der Waals surface area contributed by atoms with Gasteiger partial charge in [0.15, 0.2) is 11.2 Å². The number of aromatic nitrogens is 1. The molecule has 0 spiro atoms. The standard InChI is InChI=1S/C47H30N2O2/c1-2-13-33(14-3-1)37-16-6-8-20-41(37)49(36-28-26-32(27-29-36)35-25-24-31-12-4-5-15-34(31)30-35)42-21-10-17-38-45-39(18-11-23-44(45)50-46(38)42)47-48-40-19-7-9-22-43(40)51-47/h1-30H. The Labute approximate surface area is 294 Å². The van der Waals surface area contributed by atoms with Crippen LogP contribution in [0.4, 0.5) is 17.1 Å². The third kappa shape index (κ3) is 4.96. The Morgan fingerprint density at radius 2 is 1.12 bits per heavy atom. The summed E-state index contributed by atoms with van der Waals surface area (Å²) < 4.78 is 13.1. The summed E-state index contributed by atoms with van der Waals surface area (Å²) in [6.07, 6.45) is 0. The molecule has 0 saturated heterocycles. The maximum absolute atomic E-state index is 6.81. The molecule has 10 rings (SSSR count). The molecule has 0 atom stereocenters. The van der Waals surface area contributed by atoms with E-state index in [-0.39, 0.29) is 0 Å². The van der Waals surface area contributed by atoms with Gasteiger partial charge in [-0.05, 0) is 82.1 Å². The number of nitrogens with zero attached hydrogens (tertiary/aromatic N) is 2. The van der Waals surface area contributed by atoms with Crippen LogP contribution in [-0.2, 0) is 0 Å². The number of rotatable bonds is 6. The molecule has 0 aliphatic heterocycles. The van der Waals surface area contributed by atoms with Crippen molar-refractivity contribution in [2.75, 3.05) is 4.90 Å². The Hall–Kier alpha value is -6.91. The minimum Gasteiger partial charge on any atom is -0.454 e. The van der Waals surface area contributed by atoms with Crippen molar-refractivity contribution in [2.45, 2.75) is 0 Å². The summed E-state index contributed by atoms with van der Waals surface area (Å²) >= 11 is 0. The minimum atomic E-state index is 0.575. The summed E-state index contributed by atoms with van der Waals surface area (Å²) in [5.74, 6) is 0.575. The van der Waals surface area contributed by atoms with E-state index in [2.05, 4.69) is 150 Å². The Morgan fingerprint density at radius 3 is 2.00 bits per heavy atom. The predicted octanol–water partition coefficient (Wildman–Crippen LogP) is 13.4. The van der Waals surface area contributed by atoms with Gasteiger partial charge in [0.05, 0.1) is 11.4 Å². The first-order chi connectivity index (χ1) is 25.3. The SMILES string of the molecule is c1ccc(-c2ccccc2N(c2ccc(-c3ccc4ccccc4c3)cc2)c2cccc3c2oc2cccc(-c4nc5ccccc5o4)c23)cc1. The number of para-hydroxylation sites is 4. The van der Waals surface area contributed by atoms with Crippen LogP contribution in [-0.4, -0.2) is 4.98 Å². The van der Waals surface area contributed by atoms with E-state index in [9.17, 15) is 0 Å². The van der Waals surface area contributed by atoms with Gasteiger partial charge >= 0.3 is 0 Å². The van der Waals surface area contributed by atoms with E-state index in [1.165, 1.54) is 16.3 Å². The fourth-order valence-electron chi connectivity index (χ4n) is 7.28. The van der Waals surface area contributed by atoms with E-state index in [0.717, 1.165) is 72.4 Å². The van der Waals surface area contributed by atoms with Crippen LogP contribution in [0.1, 0.15) is 0 Å². The van der Waals surface area contributed by atoms with E-state index in [0.29, 0.717) is 5.89 Å². The van der Waals surface area contributed by atoms with Gasteiger partial charge in [-0.3, -0.25) is 0 Å². The first-order valence-electron chi connectivity index (χ1n) is 17.1. The first kappa shape index (κ1) is 29.0. The lowest BCUT2D eigenvalue weighted by Crippen LogP contribution is -2.11. The van der Waals surface area contributed by atoms with Gasteiger partial charge in [0, 0.05) is 27.6 Å². The monoisotopic (exact) mass is 654 g/mol. The number of fused-ring (bicyclic) bond motifs is 5. The van der Waals surface area contributed by atoms with Crippen molar-refractivity contribution in [3.05, 3.63) is 182 Å². The largest absolute Gasteiger partial charge is 0.454 e. The molecule has 2 heterocycles. The fraction of sp³-hybridized carbons (Fsp3) is 0. The zero-order valence-electron chi connectivity index (χ0n) is 27.5. The lowest BCUT2D eigenvalue weighted by Gasteiger charge is -2.28. The summed E-state index contributed by atoms with van der Waals surface area (Å²) in [6.45, 7) is 0. The molecule has 4 heteroatoms. The Kier molecular flexibility index (Phi) is 6.78. The van der Waals surface area contributed by atoms with Crippen LogP contribution >= 0.6 is 0 Å². The normalized spacial score (nSPS) is 11.5. The van der Waals surface area contributed by atoms with Gasteiger partial charge in [-0.1, -0.05) is 127 Å². The van der Waals surface area contributed by atoms with Gasteiger partial charge in [0.1, 0.15) is 11.1 Å². The van der Waals surface area contributed by atoms with Crippen molar-refractivity contribution in [1.29, 1.82) is 0 Å². The van der Waals surface area contributed by atoms with Crippen LogP contribution in [0.15, 0.2) is 191 Å². The molecular weight excluding hydrogens is 625 g/mol. The van der Waals surface area contributed by atoms with E-state index >= 15 is 0 Å². The molecule has 51 heavy (non-hydrogen) atoms. The van der Waals surface area contributed by atoms with Gasteiger partial charge in [-0.25, -0.2) is 4.98 Å². The maximum atomic E-state index is 6.81. The highest BCUT2D eigenvalue weighted by molar-refractivity contribution is 6.15. The second-order valence-electron chi connectivity index (χ2n) is 12.7. The topological polar surface area (TPSA) is 42.4 Å². The van der Waals surface area contributed by atoms with Gasteiger partial charge < -0.3 is 13.7 Å². The van der Waals surface area contributed by atoms with E-state index < -0.39 is 0 Å². The molecule has 4 nitrogen and oxygen atoms in total. The van der Waals surface area contributed by atoms with Crippen molar-refractivity contribution >= 4 is 60.9 Å². The lowest BCUT2D eigenvalue weighted by molar-refractivity contribution is 0.620. The number of hydrogen-bond acceptors (Lipinski definition) is 4. The van der Waals surface area contributed by atoms with Crippen molar-refractivity contribution in [2.24, 2.45) is 0 Å². The molecule has 0 unspecified atom stereocenters. The Morgan fingerprint density at radius 1 is 0.431 bits per heavy atom. The molecule has 0 fully saturated rings. The number of benzene rings is 8. The quantitative estimate of drug-likeness (QED) is 0.179. The molecule has 240 valence electrons.